The maximum Gasteiger partial charge on any atom is 0.263 e. The van der Waals surface area contributed by atoms with Gasteiger partial charge in [-0.1, -0.05) is 36.4 Å². The van der Waals surface area contributed by atoms with Crippen LogP contribution in [0.15, 0.2) is 36.4 Å². The number of benzene rings is 1. The van der Waals surface area contributed by atoms with Crippen LogP contribution in [0, 0.1) is 5.92 Å². The molecule has 20 heavy (non-hydrogen) atoms. The van der Waals surface area contributed by atoms with Crippen LogP contribution in [-0.2, 0) is 0 Å². The summed E-state index contributed by atoms with van der Waals surface area (Å²) in [5.74, 6) is 1.03. The van der Waals surface area contributed by atoms with Crippen LogP contribution < -0.4 is 0 Å². The average molecular weight is 282 g/mol. The van der Waals surface area contributed by atoms with Crippen molar-refractivity contribution in [3.05, 3.63) is 47.5 Å². The van der Waals surface area contributed by atoms with Crippen LogP contribution in [0.5, 0.6) is 0 Å². The number of rotatable bonds is 5. The van der Waals surface area contributed by atoms with Crippen LogP contribution in [0.25, 0.3) is 0 Å². The molecule has 0 bridgehead atoms. The van der Waals surface area contributed by atoms with E-state index in [1.807, 2.05) is 18.2 Å². The van der Waals surface area contributed by atoms with E-state index in [0.717, 1.165) is 25.7 Å². The molecule has 0 unspecified atom stereocenters. The van der Waals surface area contributed by atoms with Gasteiger partial charge in [0.1, 0.15) is 0 Å². The van der Waals surface area contributed by atoms with Crippen LogP contribution in [0.3, 0.4) is 0 Å². The minimum absolute atomic E-state index is 0.0941. The fourth-order valence-electron chi connectivity index (χ4n) is 2.91. The quantitative estimate of drug-likeness (QED) is 0.597. The molecule has 0 aliphatic heterocycles. The number of halogens is 3. The molecular formula is C17H21F3. The molecule has 0 heterocycles. The van der Waals surface area contributed by atoms with Gasteiger partial charge in [0, 0.05) is 5.56 Å². The normalized spacial score (nSPS) is 23.6. The highest BCUT2D eigenvalue weighted by molar-refractivity contribution is 5.26. The Bertz CT molecular complexity index is 414. The number of allylic oxidation sites excluding steroid dienone is 2. The second kappa shape index (κ2) is 7.51. The van der Waals surface area contributed by atoms with Gasteiger partial charge in [-0.05, 0) is 49.5 Å². The molecule has 0 nitrogen and oxygen atoms in total. The van der Waals surface area contributed by atoms with Gasteiger partial charge in [-0.2, -0.15) is 0 Å². The van der Waals surface area contributed by atoms with E-state index in [9.17, 15) is 13.2 Å². The Labute approximate surface area is 118 Å². The summed E-state index contributed by atoms with van der Waals surface area (Å²) in [6, 6.07) is 6.75. The monoisotopic (exact) mass is 282 g/mol. The smallest absolute Gasteiger partial charge is 0.251 e. The molecule has 1 fully saturated rings. The summed E-state index contributed by atoms with van der Waals surface area (Å²) < 4.78 is 37.0. The summed E-state index contributed by atoms with van der Waals surface area (Å²) in [6.45, 7) is -0.289. The van der Waals surface area contributed by atoms with Gasteiger partial charge in [-0.15, -0.1) is 0 Å². The number of hydrogen-bond donors (Lipinski definition) is 0. The Morgan fingerprint density at radius 2 is 1.70 bits per heavy atom. The molecule has 3 heteroatoms. The minimum atomic E-state index is -2.39. The Kier molecular flexibility index (Phi) is 5.69. The molecule has 1 aromatic rings. The first-order chi connectivity index (χ1) is 9.70. The molecule has 1 aliphatic rings. The molecule has 0 radical (unpaired) electrons. The maximum atomic E-state index is 12.5. The summed E-state index contributed by atoms with van der Waals surface area (Å²) in [6.07, 6.45) is 6.55. The Hall–Kier alpha value is -1.25. The average Bonchev–Trinajstić information content (AvgIpc) is 2.48. The SMILES string of the molecule is FCC/C=C/C1CCC(c2ccc(C(F)F)cc2)CC1. The summed E-state index contributed by atoms with van der Waals surface area (Å²) in [5, 5.41) is 0. The van der Waals surface area contributed by atoms with Gasteiger partial charge in [-0.25, -0.2) is 8.78 Å². The zero-order valence-corrected chi connectivity index (χ0v) is 11.6. The van der Waals surface area contributed by atoms with Crippen molar-refractivity contribution in [2.75, 3.05) is 6.67 Å². The van der Waals surface area contributed by atoms with Gasteiger partial charge in [0.2, 0.25) is 0 Å². The van der Waals surface area contributed by atoms with Crippen molar-refractivity contribution in [1.82, 2.24) is 0 Å². The molecule has 1 saturated carbocycles. The molecule has 1 aromatic carbocycles. The lowest BCUT2D eigenvalue weighted by atomic mass is 9.78. The predicted octanol–water partition coefficient (Wildman–Crippen LogP) is 5.81. The fraction of sp³-hybridized carbons (Fsp3) is 0.529. The third kappa shape index (κ3) is 4.12. The number of alkyl halides is 3. The van der Waals surface area contributed by atoms with Gasteiger partial charge >= 0.3 is 0 Å². The summed E-state index contributed by atoms with van der Waals surface area (Å²) in [7, 11) is 0. The molecule has 2 rings (SSSR count). The van der Waals surface area contributed by atoms with Crippen LogP contribution in [0.1, 0.15) is 55.6 Å². The van der Waals surface area contributed by atoms with Gasteiger partial charge in [-0.3, -0.25) is 4.39 Å². The van der Waals surface area contributed by atoms with Crippen molar-refractivity contribution < 1.29 is 13.2 Å². The summed E-state index contributed by atoms with van der Waals surface area (Å²) in [4.78, 5) is 0. The topological polar surface area (TPSA) is 0 Å². The highest BCUT2D eigenvalue weighted by atomic mass is 19.3. The van der Waals surface area contributed by atoms with Crippen molar-refractivity contribution in [1.29, 1.82) is 0 Å². The first kappa shape index (κ1) is 15.1. The van der Waals surface area contributed by atoms with E-state index in [2.05, 4.69) is 6.08 Å². The molecule has 0 saturated heterocycles. The molecule has 0 amide bonds. The van der Waals surface area contributed by atoms with Crippen molar-refractivity contribution in [3.8, 4) is 0 Å². The van der Waals surface area contributed by atoms with Crippen molar-refractivity contribution in [3.63, 3.8) is 0 Å². The van der Waals surface area contributed by atoms with Crippen LogP contribution in [0.2, 0.25) is 0 Å². The number of hydrogen-bond acceptors (Lipinski definition) is 0. The molecule has 0 aromatic heterocycles. The first-order valence-corrected chi connectivity index (χ1v) is 7.31. The van der Waals surface area contributed by atoms with E-state index in [0.29, 0.717) is 18.3 Å². The van der Waals surface area contributed by atoms with E-state index in [1.54, 1.807) is 0 Å². The van der Waals surface area contributed by atoms with Crippen molar-refractivity contribution in [2.24, 2.45) is 5.92 Å². The van der Waals surface area contributed by atoms with E-state index >= 15 is 0 Å². The van der Waals surface area contributed by atoms with Gasteiger partial charge < -0.3 is 0 Å². The molecule has 1 aliphatic carbocycles. The third-order valence-electron chi connectivity index (χ3n) is 4.12. The Morgan fingerprint density at radius 3 is 2.25 bits per heavy atom. The zero-order chi connectivity index (χ0) is 14.4. The van der Waals surface area contributed by atoms with Crippen LogP contribution in [0.4, 0.5) is 13.2 Å². The van der Waals surface area contributed by atoms with Crippen LogP contribution >= 0.6 is 0 Å². The fourth-order valence-corrected chi connectivity index (χ4v) is 2.91. The lowest BCUT2D eigenvalue weighted by Crippen LogP contribution is -2.11. The molecule has 0 spiro atoms. The lowest BCUT2D eigenvalue weighted by Gasteiger charge is -2.27. The largest absolute Gasteiger partial charge is 0.263 e. The standard InChI is InChI=1S/C17H21F3/c18-12-2-1-3-13-4-6-14(7-5-13)15-8-10-16(11-9-15)17(19)20/h1,3,8-11,13-14,17H,2,4-7,12H2/b3-1+. The van der Waals surface area contributed by atoms with Gasteiger partial charge in [0.25, 0.3) is 6.43 Å². The summed E-state index contributed by atoms with van der Waals surface area (Å²) >= 11 is 0. The summed E-state index contributed by atoms with van der Waals surface area (Å²) in [5.41, 5.74) is 1.26. The molecule has 0 N–H and O–H groups in total. The first-order valence-electron chi connectivity index (χ1n) is 7.31. The predicted molar refractivity (Wildman–Crippen MR) is 75.8 cm³/mol. The highest BCUT2D eigenvalue weighted by Gasteiger charge is 2.21. The van der Waals surface area contributed by atoms with E-state index in [-0.39, 0.29) is 12.2 Å². The van der Waals surface area contributed by atoms with Crippen LogP contribution in [-0.4, -0.2) is 6.67 Å². The van der Waals surface area contributed by atoms with Crippen molar-refractivity contribution >= 4 is 0 Å². The third-order valence-corrected chi connectivity index (χ3v) is 4.12. The van der Waals surface area contributed by atoms with E-state index in [4.69, 9.17) is 0 Å². The lowest BCUT2D eigenvalue weighted by molar-refractivity contribution is 0.151. The highest BCUT2D eigenvalue weighted by Crippen LogP contribution is 2.36. The minimum Gasteiger partial charge on any atom is -0.251 e. The second-order valence-electron chi connectivity index (χ2n) is 5.48. The zero-order valence-electron chi connectivity index (χ0n) is 11.6. The van der Waals surface area contributed by atoms with Gasteiger partial charge in [0.05, 0.1) is 6.67 Å². The molecular weight excluding hydrogens is 261 g/mol. The van der Waals surface area contributed by atoms with E-state index < -0.39 is 6.43 Å². The van der Waals surface area contributed by atoms with Crippen molar-refractivity contribution in [2.45, 2.75) is 44.4 Å². The van der Waals surface area contributed by atoms with E-state index in [1.165, 1.54) is 17.7 Å². The maximum absolute atomic E-state index is 12.5. The Balaban J connectivity index is 1.87. The molecule has 0 atom stereocenters. The van der Waals surface area contributed by atoms with Gasteiger partial charge in [0.15, 0.2) is 0 Å². The Morgan fingerprint density at radius 1 is 1.05 bits per heavy atom. The second-order valence-corrected chi connectivity index (χ2v) is 5.48. The molecule has 110 valence electrons.